The van der Waals surface area contributed by atoms with Gasteiger partial charge in [0, 0.05) is 0 Å². The van der Waals surface area contributed by atoms with Gasteiger partial charge in [-0.1, -0.05) is 30.3 Å². The molecule has 0 saturated heterocycles. The summed E-state index contributed by atoms with van der Waals surface area (Å²) < 4.78 is 5.29. The lowest BCUT2D eigenvalue weighted by Gasteiger charge is -2.22. The van der Waals surface area contributed by atoms with Crippen molar-refractivity contribution in [1.29, 1.82) is 0 Å². The van der Waals surface area contributed by atoms with Gasteiger partial charge in [0.05, 0.1) is 0 Å². The zero-order valence-electron chi connectivity index (χ0n) is 12.7. The van der Waals surface area contributed by atoms with E-state index in [9.17, 15) is 9.59 Å². The predicted molar refractivity (Wildman–Crippen MR) is 80.5 cm³/mol. The molecule has 21 heavy (non-hydrogen) atoms. The topological polar surface area (TPSA) is 75.6 Å². The van der Waals surface area contributed by atoms with Crippen molar-refractivity contribution in [2.45, 2.75) is 39.3 Å². The molecule has 5 nitrogen and oxygen atoms in total. The van der Waals surface area contributed by atoms with Gasteiger partial charge in [0.15, 0.2) is 0 Å². The van der Waals surface area contributed by atoms with Crippen molar-refractivity contribution in [3.8, 4) is 0 Å². The van der Waals surface area contributed by atoms with Crippen LogP contribution in [0.3, 0.4) is 0 Å². The minimum atomic E-state index is -1.04. The van der Waals surface area contributed by atoms with E-state index < -0.39 is 23.6 Å². The lowest BCUT2D eigenvalue weighted by atomic mass is 10.1. The first-order valence-corrected chi connectivity index (χ1v) is 6.68. The Morgan fingerprint density at radius 2 is 1.81 bits per heavy atom. The summed E-state index contributed by atoms with van der Waals surface area (Å²) in [6, 6.07) is 8.26. The number of carboxylic acids is 1. The van der Waals surface area contributed by atoms with Crippen LogP contribution < -0.4 is 5.32 Å². The molecule has 0 spiro atoms. The lowest BCUT2D eigenvalue weighted by molar-refractivity contribution is -0.150. The third-order valence-electron chi connectivity index (χ3n) is 2.47. The van der Waals surface area contributed by atoms with Gasteiger partial charge in [-0.05, 0) is 39.3 Å². The molecule has 1 aromatic carbocycles. The summed E-state index contributed by atoms with van der Waals surface area (Å²) in [7, 11) is 0. The second kappa shape index (κ2) is 6.92. The second-order valence-corrected chi connectivity index (χ2v) is 5.67. The summed E-state index contributed by atoms with van der Waals surface area (Å²) in [5.41, 5.74) is 0.246. The highest BCUT2D eigenvalue weighted by atomic mass is 16.6. The number of hydrogen-bond donors (Lipinski definition) is 2. The number of aliphatic carboxylic acids is 1. The fourth-order valence-corrected chi connectivity index (χ4v) is 1.50. The Labute approximate surface area is 124 Å². The Hall–Kier alpha value is -2.30. The molecule has 1 unspecified atom stereocenters. The van der Waals surface area contributed by atoms with Crippen molar-refractivity contribution in [1.82, 2.24) is 5.32 Å². The van der Waals surface area contributed by atoms with E-state index >= 15 is 0 Å². The van der Waals surface area contributed by atoms with E-state index in [-0.39, 0.29) is 5.70 Å². The minimum absolute atomic E-state index is 0.117. The summed E-state index contributed by atoms with van der Waals surface area (Å²) in [6.45, 7) is 6.73. The Morgan fingerprint density at radius 1 is 1.24 bits per heavy atom. The van der Waals surface area contributed by atoms with E-state index in [1.165, 1.54) is 6.92 Å². The summed E-state index contributed by atoms with van der Waals surface area (Å²) in [5, 5.41) is 11.6. The third-order valence-corrected chi connectivity index (χ3v) is 2.47. The smallest absolute Gasteiger partial charge is 0.354 e. The molecule has 0 heterocycles. The lowest BCUT2D eigenvalue weighted by Crippen LogP contribution is -2.38. The summed E-state index contributed by atoms with van der Waals surface area (Å²) in [4.78, 5) is 23.1. The fraction of sp³-hybridized carbons (Fsp3) is 0.375. The summed E-state index contributed by atoms with van der Waals surface area (Å²) in [6.07, 6.45) is 1.58. The molecule has 0 aliphatic rings. The van der Waals surface area contributed by atoms with Crippen molar-refractivity contribution in [3.63, 3.8) is 0 Å². The average Bonchev–Trinajstić information content (AvgIpc) is 2.36. The van der Waals surface area contributed by atoms with Crippen molar-refractivity contribution in [2.75, 3.05) is 0 Å². The SMILES string of the molecule is CC(NC(=Cc1ccccc1)C(=O)OC(C)(C)C)C(=O)O. The highest BCUT2D eigenvalue weighted by Crippen LogP contribution is 2.13. The maximum Gasteiger partial charge on any atom is 0.354 e. The molecule has 0 fully saturated rings. The monoisotopic (exact) mass is 291 g/mol. The molecule has 5 heteroatoms. The van der Waals surface area contributed by atoms with Gasteiger partial charge in [0.2, 0.25) is 0 Å². The summed E-state index contributed by atoms with van der Waals surface area (Å²) in [5.74, 6) is -1.63. The van der Waals surface area contributed by atoms with Crippen LogP contribution in [0.25, 0.3) is 6.08 Å². The van der Waals surface area contributed by atoms with Crippen molar-refractivity contribution >= 4 is 18.0 Å². The first kappa shape index (κ1) is 16.8. The number of carbonyl (C=O) groups is 2. The first-order valence-electron chi connectivity index (χ1n) is 6.68. The van der Waals surface area contributed by atoms with Gasteiger partial charge in [0.25, 0.3) is 0 Å². The zero-order chi connectivity index (χ0) is 16.0. The molecule has 1 atom stereocenters. The molecule has 0 aliphatic heterocycles. The van der Waals surface area contributed by atoms with Crippen LogP contribution in [0.5, 0.6) is 0 Å². The van der Waals surface area contributed by atoms with Gasteiger partial charge < -0.3 is 15.2 Å². The number of ether oxygens (including phenoxy) is 1. The quantitative estimate of drug-likeness (QED) is 0.643. The normalized spacial score (nSPS) is 13.4. The van der Waals surface area contributed by atoms with Crippen LogP contribution in [0.15, 0.2) is 36.0 Å². The van der Waals surface area contributed by atoms with Crippen LogP contribution in [0.4, 0.5) is 0 Å². The van der Waals surface area contributed by atoms with Crippen LogP contribution in [0.2, 0.25) is 0 Å². The van der Waals surface area contributed by atoms with Gasteiger partial charge in [-0.15, -0.1) is 0 Å². The number of benzene rings is 1. The molecule has 114 valence electrons. The predicted octanol–water partition coefficient (Wildman–Crippen LogP) is 2.43. The molecule has 0 bridgehead atoms. The van der Waals surface area contributed by atoms with Crippen LogP contribution >= 0.6 is 0 Å². The van der Waals surface area contributed by atoms with Gasteiger partial charge >= 0.3 is 11.9 Å². The van der Waals surface area contributed by atoms with Crippen molar-refractivity contribution < 1.29 is 19.4 Å². The number of hydrogen-bond acceptors (Lipinski definition) is 4. The maximum atomic E-state index is 12.2. The molecule has 0 saturated carbocycles. The maximum absolute atomic E-state index is 12.2. The largest absolute Gasteiger partial charge is 0.480 e. The molecule has 0 aliphatic carbocycles. The summed E-state index contributed by atoms with van der Waals surface area (Å²) >= 11 is 0. The Kier molecular flexibility index (Phi) is 5.52. The zero-order valence-corrected chi connectivity index (χ0v) is 12.7. The number of esters is 1. The van der Waals surface area contributed by atoms with Crippen molar-refractivity contribution in [2.24, 2.45) is 0 Å². The number of nitrogens with one attached hydrogen (secondary N) is 1. The molecular weight excluding hydrogens is 270 g/mol. The van der Waals surface area contributed by atoms with Crippen LogP contribution in [0, 0.1) is 0 Å². The molecular formula is C16H21NO4. The minimum Gasteiger partial charge on any atom is -0.480 e. The van der Waals surface area contributed by atoms with Gasteiger partial charge in [-0.2, -0.15) is 0 Å². The van der Waals surface area contributed by atoms with Crippen LogP contribution in [-0.4, -0.2) is 28.7 Å². The van der Waals surface area contributed by atoms with E-state index in [2.05, 4.69) is 5.32 Å². The molecule has 2 N–H and O–H groups in total. The number of carboxylic acid groups (broad SMARTS) is 1. The molecule has 0 aromatic heterocycles. The fourth-order valence-electron chi connectivity index (χ4n) is 1.50. The standard InChI is InChI=1S/C16H21NO4/c1-11(14(18)19)17-13(15(20)21-16(2,3)4)10-12-8-6-5-7-9-12/h5-11,17H,1-4H3,(H,18,19). The van der Waals surface area contributed by atoms with E-state index in [4.69, 9.17) is 9.84 Å². The van der Waals surface area contributed by atoms with Gasteiger partial charge in [-0.3, -0.25) is 4.79 Å². The van der Waals surface area contributed by atoms with Gasteiger partial charge in [0.1, 0.15) is 17.3 Å². The highest BCUT2D eigenvalue weighted by molar-refractivity contribution is 5.94. The average molecular weight is 291 g/mol. The van der Waals surface area contributed by atoms with Crippen LogP contribution in [-0.2, 0) is 14.3 Å². The number of carbonyl (C=O) groups excluding carboxylic acids is 1. The molecule has 1 rings (SSSR count). The molecule has 0 radical (unpaired) electrons. The Bertz CT molecular complexity index is 529. The molecule has 0 amide bonds. The van der Waals surface area contributed by atoms with E-state index in [0.717, 1.165) is 5.56 Å². The van der Waals surface area contributed by atoms with E-state index in [1.54, 1.807) is 26.8 Å². The van der Waals surface area contributed by atoms with E-state index in [0.29, 0.717) is 0 Å². The molecule has 1 aromatic rings. The second-order valence-electron chi connectivity index (χ2n) is 5.67. The third kappa shape index (κ3) is 6.12. The number of rotatable bonds is 5. The Balaban J connectivity index is 3.02. The Morgan fingerprint density at radius 3 is 2.29 bits per heavy atom. The van der Waals surface area contributed by atoms with E-state index in [1.807, 2.05) is 30.3 Å². The van der Waals surface area contributed by atoms with Crippen molar-refractivity contribution in [3.05, 3.63) is 41.6 Å². The van der Waals surface area contributed by atoms with Gasteiger partial charge in [-0.25, -0.2) is 4.79 Å². The highest BCUT2D eigenvalue weighted by Gasteiger charge is 2.22. The first-order chi connectivity index (χ1) is 9.69. The van der Waals surface area contributed by atoms with Crippen LogP contribution in [0.1, 0.15) is 33.3 Å².